The van der Waals surface area contributed by atoms with Crippen molar-refractivity contribution in [3.05, 3.63) is 0 Å². The summed E-state index contributed by atoms with van der Waals surface area (Å²) in [6.45, 7) is 1.94. The minimum absolute atomic E-state index is 0.0716. The number of hydrogen-bond donors (Lipinski definition) is 2. The summed E-state index contributed by atoms with van der Waals surface area (Å²) < 4.78 is 10.9. The molecule has 104 valence electrons. The van der Waals surface area contributed by atoms with Crippen molar-refractivity contribution < 1.29 is 24.2 Å². The predicted octanol–water partition coefficient (Wildman–Crippen LogP) is -0.744. The number of aliphatic carboxylic acids is 1. The van der Waals surface area contributed by atoms with E-state index >= 15 is 0 Å². The Balaban J connectivity index is 2.72. The molecule has 0 radical (unpaired) electrons. The van der Waals surface area contributed by atoms with Gasteiger partial charge in [-0.1, -0.05) is 0 Å². The van der Waals surface area contributed by atoms with Crippen molar-refractivity contribution in [3.63, 3.8) is 0 Å². The minimum atomic E-state index is -0.949. The van der Waals surface area contributed by atoms with Gasteiger partial charge in [0, 0.05) is 6.42 Å². The molecule has 0 aromatic carbocycles. The highest BCUT2D eigenvalue weighted by Crippen LogP contribution is 2.28. The van der Waals surface area contributed by atoms with Crippen LogP contribution < -0.4 is 5.73 Å². The third-order valence-electron chi connectivity index (χ3n) is 3.31. The summed E-state index contributed by atoms with van der Waals surface area (Å²) in [7, 11) is 3.58. The summed E-state index contributed by atoms with van der Waals surface area (Å²) in [4.78, 5) is 23.7. The van der Waals surface area contributed by atoms with Crippen LogP contribution in [0.1, 0.15) is 13.3 Å². The van der Waals surface area contributed by atoms with Crippen molar-refractivity contribution in [3.8, 4) is 0 Å². The van der Waals surface area contributed by atoms with Crippen molar-refractivity contribution in [2.24, 2.45) is 11.7 Å². The predicted molar refractivity (Wildman–Crippen MR) is 62.7 cm³/mol. The highest BCUT2D eigenvalue weighted by Gasteiger charge is 2.43. The first-order valence-electron chi connectivity index (χ1n) is 5.69. The standard InChI is InChI=1S/C11H20N2O5/c1-11(13(2)3,4-8(12)14)10-17-5-7(6-18-10)9(15)16/h7,10H,4-6H2,1-3H3,(H2,12,14)(H,15,16). The third kappa shape index (κ3) is 3.18. The van der Waals surface area contributed by atoms with Crippen LogP contribution >= 0.6 is 0 Å². The Kier molecular flexibility index (Phi) is 4.66. The molecule has 1 rings (SSSR count). The summed E-state index contributed by atoms with van der Waals surface area (Å²) in [5.41, 5.74) is 4.51. The number of ether oxygens (including phenoxy) is 2. The molecule has 1 heterocycles. The van der Waals surface area contributed by atoms with E-state index in [9.17, 15) is 9.59 Å². The quantitative estimate of drug-likeness (QED) is 0.674. The van der Waals surface area contributed by atoms with Crippen LogP contribution in [-0.2, 0) is 19.1 Å². The smallest absolute Gasteiger partial charge is 0.311 e. The van der Waals surface area contributed by atoms with Gasteiger partial charge in [-0.15, -0.1) is 0 Å². The van der Waals surface area contributed by atoms with E-state index in [1.54, 1.807) is 25.9 Å². The zero-order chi connectivity index (χ0) is 13.9. The van der Waals surface area contributed by atoms with E-state index in [0.29, 0.717) is 0 Å². The molecule has 1 aliphatic rings. The fourth-order valence-electron chi connectivity index (χ4n) is 1.81. The molecule has 7 heteroatoms. The van der Waals surface area contributed by atoms with E-state index in [0.717, 1.165) is 0 Å². The Morgan fingerprint density at radius 3 is 2.22 bits per heavy atom. The molecule has 0 aromatic rings. The van der Waals surface area contributed by atoms with Gasteiger partial charge in [0.1, 0.15) is 5.92 Å². The van der Waals surface area contributed by atoms with Crippen LogP contribution in [0, 0.1) is 5.92 Å². The molecule has 0 aliphatic carbocycles. The number of carbonyl (C=O) groups is 2. The molecule has 1 aliphatic heterocycles. The van der Waals surface area contributed by atoms with Gasteiger partial charge in [0.15, 0.2) is 6.29 Å². The van der Waals surface area contributed by atoms with Crippen LogP contribution in [0.5, 0.6) is 0 Å². The van der Waals surface area contributed by atoms with Crippen molar-refractivity contribution in [2.45, 2.75) is 25.2 Å². The molecular weight excluding hydrogens is 240 g/mol. The Labute approximate surface area is 106 Å². The van der Waals surface area contributed by atoms with Gasteiger partial charge in [0.05, 0.1) is 18.8 Å². The number of nitrogens with two attached hydrogens (primary N) is 1. The van der Waals surface area contributed by atoms with Crippen LogP contribution in [0.4, 0.5) is 0 Å². The summed E-state index contributed by atoms with van der Waals surface area (Å²) in [6, 6.07) is 0. The second kappa shape index (κ2) is 5.64. The maximum absolute atomic E-state index is 11.1. The first kappa shape index (κ1) is 14.9. The highest BCUT2D eigenvalue weighted by atomic mass is 16.7. The molecule has 0 saturated carbocycles. The van der Waals surface area contributed by atoms with E-state index in [4.69, 9.17) is 20.3 Å². The number of rotatable bonds is 5. The first-order valence-corrected chi connectivity index (χ1v) is 5.69. The molecule has 1 atom stereocenters. The number of hydrogen-bond acceptors (Lipinski definition) is 5. The first-order chi connectivity index (χ1) is 8.27. The fourth-order valence-corrected chi connectivity index (χ4v) is 1.81. The third-order valence-corrected chi connectivity index (χ3v) is 3.31. The topological polar surface area (TPSA) is 102 Å². The van der Waals surface area contributed by atoms with Crippen LogP contribution in [0.25, 0.3) is 0 Å². The lowest BCUT2D eigenvalue weighted by Crippen LogP contribution is -2.58. The second-order valence-electron chi connectivity index (χ2n) is 4.93. The molecule has 1 amide bonds. The molecule has 18 heavy (non-hydrogen) atoms. The van der Waals surface area contributed by atoms with Gasteiger partial charge in [-0.05, 0) is 21.0 Å². The molecule has 7 nitrogen and oxygen atoms in total. The minimum Gasteiger partial charge on any atom is -0.481 e. The van der Waals surface area contributed by atoms with Gasteiger partial charge in [-0.2, -0.15) is 0 Å². The average molecular weight is 260 g/mol. The summed E-state index contributed by atoms with van der Waals surface area (Å²) in [5.74, 6) is -2.07. The van der Waals surface area contributed by atoms with Gasteiger partial charge in [0.25, 0.3) is 0 Å². The number of likely N-dealkylation sites (N-methyl/N-ethyl adjacent to an activating group) is 1. The summed E-state index contributed by atoms with van der Waals surface area (Å²) in [5, 5.41) is 8.84. The molecular formula is C11H20N2O5. The number of amides is 1. The monoisotopic (exact) mass is 260 g/mol. The molecule has 0 aromatic heterocycles. The molecule has 3 N–H and O–H groups in total. The van der Waals surface area contributed by atoms with Crippen molar-refractivity contribution >= 4 is 11.9 Å². The number of carbonyl (C=O) groups excluding carboxylic acids is 1. The zero-order valence-electron chi connectivity index (χ0n) is 10.9. The van der Waals surface area contributed by atoms with Gasteiger partial charge in [-0.3, -0.25) is 14.5 Å². The summed E-state index contributed by atoms with van der Waals surface area (Å²) in [6.07, 6.45) is -0.599. The molecule has 0 bridgehead atoms. The van der Waals surface area contributed by atoms with E-state index in [-0.39, 0.29) is 19.6 Å². The van der Waals surface area contributed by atoms with Gasteiger partial charge < -0.3 is 20.3 Å². The SMILES string of the molecule is CN(C)C(C)(CC(N)=O)C1OCC(C(=O)O)CO1. The van der Waals surface area contributed by atoms with Gasteiger partial charge in [0.2, 0.25) is 5.91 Å². The Bertz CT molecular complexity index is 325. The fraction of sp³-hybridized carbons (Fsp3) is 0.818. The van der Waals surface area contributed by atoms with Crippen LogP contribution in [0.15, 0.2) is 0 Å². The van der Waals surface area contributed by atoms with Gasteiger partial charge >= 0.3 is 5.97 Å². The molecule has 1 unspecified atom stereocenters. The molecule has 0 spiro atoms. The number of carboxylic acid groups (broad SMARTS) is 1. The maximum atomic E-state index is 11.1. The van der Waals surface area contributed by atoms with Crippen molar-refractivity contribution in [2.75, 3.05) is 27.3 Å². The Hall–Kier alpha value is -1.18. The Morgan fingerprint density at radius 2 is 1.89 bits per heavy atom. The lowest BCUT2D eigenvalue weighted by atomic mass is 9.94. The van der Waals surface area contributed by atoms with Crippen LogP contribution in [-0.4, -0.2) is 61.0 Å². The molecule has 1 saturated heterocycles. The number of nitrogens with zero attached hydrogens (tertiary/aromatic N) is 1. The lowest BCUT2D eigenvalue weighted by Gasteiger charge is -2.43. The van der Waals surface area contributed by atoms with Crippen molar-refractivity contribution in [1.82, 2.24) is 4.90 Å². The zero-order valence-corrected chi connectivity index (χ0v) is 10.9. The average Bonchev–Trinajstić information content (AvgIpc) is 2.27. The van der Waals surface area contributed by atoms with E-state index in [1.165, 1.54) is 0 Å². The lowest BCUT2D eigenvalue weighted by molar-refractivity contribution is -0.250. The van der Waals surface area contributed by atoms with Crippen LogP contribution in [0.2, 0.25) is 0 Å². The number of carboxylic acids is 1. The number of primary amides is 1. The largest absolute Gasteiger partial charge is 0.481 e. The Morgan fingerprint density at radius 1 is 1.39 bits per heavy atom. The van der Waals surface area contributed by atoms with Crippen LogP contribution in [0.3, 0.4) is 0 Å². The van der Waals surface area contributed by atoms with Crippen molar-refractivity contribution in [1.29, 1.82) is 0 Å². The van der Waals surface area contributed by atoms with E-state index in [1.807, 2.05) is 0 Å². The normalized spacial score (nSPS) is 27.8. The maximum Gasteiger partial charge on any atom is 0.311 e. The molecule has 1 fully saturated rings. The van der Waals surface area contributed by atoms with Gasteiger partial charge in [-0.25, -0.2) is 0 Å². The summed E-state index contributed by atoms with van der Waals surface area (Å²) >= 11 is 0. The van der Waals surface area contributed by atoms with E-state index in [2.05, 4.69) is 0 Å². The second-order valence-corrected chi connectivity index (χ2v) is 4.93. The van der Waals surface area contributed by atoms with E-state index < -0.39 is 29.6 Å². The highest BCUT2D eigenvalue weighted by molar-refractivity contribution is 5.75.